The molecule has 0 atom stereocenters. The number of aliphatic carboxylic acids is 1. The van der Waals surface area contributed by atoms with E-state index in [4.69, 9.17) is 16.7 Å². The zero-order valence-corrected chi connectivity index (χ0v) is 10.6. The molecule has 0 amide bonds. The summed E-state index contributed by atoms with van der Waals surface area (Å²) in [4.78, 5) is 10.4. The molecule has 1 rings (SSSR count). The van der Waals surface area contributed by atoms with Gasteiger partial charge in [-0.1, -0.05) is 11.6 Å². The lowest BCUT2D eigenvalue weighted by Crippen LogP contribution is -2.08. The molecule has 0 bridgehead atoms. The molecular weight excluding hydrogens is 283 g/mol. The number of carbonyl (C=O) groups is 1. The molecule has 2 N–H and O–H groups in total. The van der Waals surface area contributed by atoms with Gasteiger partial charge in [-0.25, -0.2) is 4.79 Å². The van der Waals surface area contributed by atoms with E-state index in [2.05, 4.69) is 5.32 Å². The molecule has 0 aromatic heterocycles. The maximum absolute atomic E-state index is 12.5. The maximum Gasteiger partial charge on any atom is 0.416 e. The van der Waals surface area contributed by atoms with Crippen molar-refractivity contribution in [2.45, 2.75) is 13.1 Å². The van der Waals surface area contributed by atoms with Gasteiger partial charge in [0.1, 0.15) is 0 Å². The van der Waals surface area contributed by atoms with Crippen LogP contribution < -0.4 is 5.32 Å². The van der Waals surface area contributed by atoms with Crippen LogP contribution in [-0.4, -0.2) is 17.6 Å². The molecule has 0 saturated carbocycles. The second kappa shape index (κ2) is 5.97. The third-order valence-electron chi connectivity index (χ3n) is 2.22. The smallest absolute Gasteiger partial charge is 0.416 e. The van der Waals surface area contributed by atoms with Crippen LogP contribution in [0.3, 0.4) is 0 Å². The van der Waals surface area contributed by atoms with Gasteiger partial charge in [0, 0.05) is 12.6 Å². The molecule has 0 unspecified atom stereocenters. The van der Waals surface area contributed by atoms with Gasteiger partial charge in [-0.15, -0.1) is 0 Å². The number of carboxylic acids is 1. The first-order valence-corrected chi connectivity index (χ1v) is 5.58. The predicted octanol–water partition coefficient (Wildman–Crippen LogP) is 3.80. The van der Waals surface area contributed by atoms with E-state index < -0.39 is 17.7 Å². The number of hydrogen-bond donors (Lipinski definition) is 2. The quantitative estimate of drug-likeness (QED) is 0.830. The zero-order valence-electron chi connectivity index (χ0n) is 9.88. The van der Waals surface area contributed by atoms with Crippen LogP contribution in [0.15, 0.2) is 29.8 Å². The van der Waals surface area contributed by atoms with Crippen molar-refractivity contribution in [1.29, 1.82) is 0 Å². The minimum atomic E-state index is -4.45. The van der Waals surface area contributed by atoms with Gasteiger partial charge < -0.3 is 10.4 Å². The van der Waals surface area contributed by atoms with Crippen LogP contribution in [0.4, 0.5) is 18.9 Å². The van der Waals surface area contributed by atoms with Gasteiger partial charge in [-0.05, 0) is 30.7 Å². The maximum atomic E-state index is 12.5. The van der Waals surface area contributed by atoms with Crippen LogP contribution in [0.2, 0.25) is 5.02 Å². The number of halogens is 4. The third-order valence-corrected chi connectivity index (χ3v) is 2.55. The lowest BCUT2D eigenvalue weighted by molar-refractivity contribution is -0.137. The second-order valence-electron chi connectivity index (χ2n) is 3.87. The Morgan fingerprint density at radius 2 is 2.11 bits per heavy atom. The second-order valence-corrected chi connectivity index (χ2v) is 4.28. The molecule has 0 saturated heterocycles. The molecule has 19 heavy (non-hydrogen) atoms. The highest BCUT2D eigenvalue weighted by atomic mass is 35.5. The van der Waals surface area contributed by atoms with Crippen molar-refractivity contribution < 1.29 is 23.1 Å². The lowest BCUT2D eigenvalue weighted by Gasteiger charge is -2.12. The Labute approximate surface area is 112 Å². The van der Waals surface area contributed by atoms with Gasteiger partial charge in [-0.2, -0.15) is 13.2 Å². The first-order chi connectivity index (χ1) is 8.70. The Bertz CT molecular complexity index is 512. The number of benzene rings is 1. The summed E-state index contributed by atoms with van der Waals surface area (Å²) in [7, 11) is 0. The van der Waals surface area contributed by atoms with Crippen LogP contribution in [0.25, 0.3) is 0 Å². The molecule has 7 heteroatoms. The Morgan fingerprint density at radius 3 is 2.63 bits per heavy atom. The first kappa shape index (κ1) is 15.4. The predicted molar refractivity (Wildman–Crippen MR) is 66.3 cm³/mol. The number of hydrogen-bond acceptors (Lipinski definition) is 2. The summed E-state index contributed by atoms with van der Waals surface area (Å²) in [6.45, 7) is 1.63. The monoisotopic (exact) mass is 293 g/mol. The molecule has 1 aromatic carbocycles. The highest BCUT2D eigenvalue weighted by Gasteiger charge is 2.30. The van der Waals surface area contributed by atoms with Crippen molar-refractivity contribution in [3.63, 3.8) is 0 Å². The van der Waals surface area contributed by atoms with Gasteiger partial charge in [0.25, 0.3) is 0 Å². The summed E-state index contributed by atoms with van der Waals surface area (Å²) in [6.07, 6.45) is -3.48. The summed E-state index contributed by atoms with van der Waals surface area (Å²) in [6, 6.07) is 2.91. The molecule has 0 aliphatic carbocycles. The van der Waals surface area contributed by atoms with Crippen LogP contribution in [0, 0.1) is 0 Å². The topological polar surface area (TPSA) is 49.3 Å². The summed E-state index contributed by atoms with van der Waals surface area (Å²) >= 11 is 5.77. The van der Waals surface area contributed by atoms with E-state index in [0.29, 0.717) is 5.57 Å². The van der Waals surface area contributed by atoms with Crippen molar-refractivity contribution in [2.75, 3.05) is 11.9 Å². The number of anilines is 1. The van der Waals surface area contributed by atoms with E-state index in [1.54, 1.807) is 6.92 Å². The molecule has 0 aliphatic heterocycles. The lowest BCUT2D eigenvalue weighted by atomic mass is 10.2. The van der Waals surface area contributed by atoms with Gasteiger partial charge >= 0.3 is 12.1 Å². The molecule has 0 radical (unpaired) electrons. The molecule has 1 aromatic rings. The van der Waals surface area contributed by atoms with E-state index in [9.17, 15) is 18.0 Å². The molecule has 0 spiro atoms. The molecule has 3 nitrogen and oxygen atoms in total. The highest BCUT2D eigenvalue weighted by molar-refractivity contribution is 6.33. The van der Waals surface area contributed by atoms with Gasteiger partial charge in [0.2, 0.25) is 0 Å². The minimum absolute atomic E-state index is 0.0906. The van der Waals surface area contributed by atoms with Crippen molar-refractivity contribution in [1.82, 2.24) is 0 Å². The Morgan fingerprint density at radius 1 is 1.47 bits per heavy atom. The average Bonchev–Trinajstić information content (AvgIpc) is 2.25. The molecule has 104 valence electrons. The normalized spacial score (nSPS) is 12.4. The average molecular weight is 294 g/mol. The van der Waals surface area contributed by atoms with Gasteiger partial charge in [0.05, 0.1) is 16.3 Å². The van der Waals surface area contributed by atoms with E-state index >= 15 is 0 Å². The van der Waals surface area contributed by atoms with Crippen LogP contribution in [-0.2, 0) is 11.0 Å². The van der Waals surface area contributed by atoms with Crippen molar-refractivity contribution in [3.05, 3.63) is 40.4 Å². The van der Waals surface area contributed by atoms with Crippen molar-refractivity contribution >= 4 is 23.3 Å². The number of carboxylic acid groups (broad SMARTS) is 1. The van der Waals surface area contributed by atoms with Gasteiger partial charge in [0.15, 0.2) is 0 Å². The van der Waals surface area contributed by atoms with Gasteiger partial charge in [-0.3, -0.25) is 0 Å². The number of alkyl halides is 3. The summed E-state index contributed by atoms with van der Waals surface area (Å²) in [5.41, 5.74) is -0.255. The van der Waals surface area contributed by atoms with E-state index in [1.165, 1.54) is 0 Å². The fraction of sp³-hybridized carbons (Fsp3) is 0.250. The highest BCUT2D eigenvalue weighted by Crippen LogP contribution is 2.33. The van der Waals surface area contributed by atoms with Crippen molar-refractivity contribution in [2.24, 2.45) is 0 Å². The summed E-state index contributed by atoms with van der Waals surface area (Å²) < 4.78 is 37.5. The molecule has 0 aliphatic rings. The Hall–Kier alpha value is -1.69. The van der Waals surface area contributed by atoms with E-state index in [0.717, 1.165) is 24.3 Å². The standard InChI is InChI=1S/C12H11ClF3NO2/c1-7(4-11(18)19)6-17-10-5-8(12(14,15)16)2-3-9(10)13/h2-5,17H,6H2,1H3,(H,18,19)/b7-4-. The van der Waals surface area contributed by atoms with E-state index in [1.807, 2.05) is 0 Å². The summed E-state index contributed by atoms with van der Waals surface area (Å²) in [5.74, 6) is -1.12. The van der Waals surface area contributed by atoms with Crippen LogP contribution in [0.1, 0.15) is 12.5 Å². The molecule has 0 heterocycles. The van der Waals surface area contributed by atoms with Crippen LogP contribution >= 0.6 is 11.6 Å². The summed E-state index contributed by atoms with van der Waals surface area (Å²) in [5, 5.41) is 11.3. The fourth-order valence-corrected chi connectivity index (χ4v) is 1.52. The van der Waals surface area contributed by atoms with Crippen molar-refractivity contribution in [3.8, 4) is 0 Å². The Balaban J connectivity index is 2.87. The Kier molecular flexibility index (Phi) is 4.83. The SMILES string of the molecule is C/C(=C/C(=O)O)CNc1cc(C(F)(F)F)ccc1Cl. The third kappa shape index (κ3) is 4.82. The molecular formula is C12H11ClF3NO2. The first-order valence-electron chi connectivity index (χ1n) is 5.21. The fourth-order valence-electron chi connectivity index (χ4n) is 1.33. The largest absolute Gasteiger partial charge is 0.478 e. The molecule has 0 fully saturated rings. The zero-order chi connectivity index (χ0) is 14.6. The van der Waals surface area contributed by atoms with Crippen LogP contribution in [0.5, 0.6) is 0 Å². The number of nitrogens with one attached hydrogen (secondary N) is 1. The number of rotatable bonds is 4. The minimum Gasteiger partial charge on any atom is -0.478 e. The van der Waals surface area contributed by atoms with E-state index in [-0.39, 0.29) is 17.3 Å².